The topological polar surface area (TPSA) is 37.8 Å². The highest BCUT2D eigenvalue weighted by Crippen LogP contribution is 2.04. The van der Waals surface area contributed by atoms with Crippen molar-refractivity contribution in [1.82, 2.24) is 15.3 Å². The van der Waals surface area contributed by atoms with E-state index in [1.807, 2.05) is 19.3 Å². The number of hydrogen-bond acceptors (Lipinski definition) is 3. The zero-order valence-electron chi connectivity index (χ0n) is 10.7. The molecule has 3 heteroatoms. The molecular weight excluding hydrogens is 198 g/mol. The molecule has 1 aromatic rings. The van der Waals surface area contributed by atoms with E-state index < -0.39 is 0 Å². The summed E-state index contributed by atoms with van der Waals surface area (Å²) in [6.07, 6.45) is 8.30. The number of hydrogen-bond donors (Lipinski definition) is 1. The van der Waals surface area contributed by atoms with Gasteiger partial charge in [0.25, 0.3) is 0 Å². The summed E-state index contributed by atoms with van der Waals surface area (Å²) in [5.74, 6) is 0.952. The normalized spacial score (nSPS) is 12.7. The molecule has 90 valence electrons. The number of nitrogens with one attached hydrogen (secondary N) is 1. The second-order valence-corrected chi connectivity index (χ2v) is 4.32. The van der Waals surface area contributed by atoms with Crippen LogP contribution in [0, 0.1) is 6.92 Å². The number of aromatic nitrogens is 2. The van der Waals surface area contributed by atoms with E-state index in [2.05, 4.69) is 29.1 Å². The molecule has 1 rings (SSSR count). The Bertz CT molecular complexity index is 282. The number of nitrogens with zero attached hydrogens (tertiary/aromatic N) is 2. The minimum atomic E-state index is 0.521. The van der Waals surface area contributed by atoms with Gasteiger partial charge in [-0.3, -0.25) is 0 Å². The molecule has 0 fully saturated rings. The minimum absolute atomic E-state index is 0.521. The molecule has 16 heavy (non-hydrogen) atoms. The van der Waals surface area contributed by atoms with E-state index in [4.69, 9.17) is 0 Å². The molecule has 0 aliphatic carbocycles. The van der Waals surface area contributed by atoms with Crippen LogP contribution in [0.1, 0.15) is 44.5 Å². The summed E-state index contributed by atoms with van der Waals surface area (Å²) in [7, 11) is 0. The Kier molecular flexibility index (Phi) is 6.01. The fraction of sp³-hybridized carbons (Fsp3) is 0.692. The molecule has 0 saturated carbocycles. The molecule has 1 aromatic heterocycles. The van der Waals surface area contributed by atoms with Crippen molar-refractivity contribution >= 4 is 0 Å². The third-order valence-electron chi connectivity index (χ3n) is 2.58. The van der Waals surface area contributed by atoms with Gasteiger partial charge in [-0.25, -0.2) is 9.97 Å². The van der Waals surface area contributed by atoms with Gasteiger partial charge in [-0.15, -0.1) is 0 Å². The van der Waals surface area contributed by atoms with Crippen LogP contribution in [-0.4, -0.2) is 22.6 Å². The number of aryl methyl sites for hydroxylation is 1. The van der Waals surface area contributed by atoms with Crippen LogP contribution in [0.3, 0.4) is 0 Å². The van der Waals surface area contributed by atoms with Gasteiger partial charge >= 0.3 is 0 Å². The molecule has 0 aliphatic heterocycles. The average molecular weight is 221 g/mol. The van der Waals surface area contributed by atoms with Gasteiger partial charge in [-0.05, 0) is 31.9 Å². The second kappa shape index (κ2) is 7.34. The molecule has 1 N–H and O–H groups in total. The van der Waals surface area contributed by atoms with Gasteiger partial charge < -0.3 is 5.32 Å². The van der Waals surface area contributed by atoms with Crippen LogP contribution < -0.4 is 5.32 Å². The molecule has 0 bridgehead atoms. The first-order chi connectivity index (χ1) is 7.76. The van der Waals surface area contributed by atoms with Crippen LogP contribution in [0.5, 0.6) is 0 Å². The van der Waals surface area contributed by atoms with E-state index in [0.29, 0.717) is 6.04 Å². The second-order valence-electron chi connectivity index (χ2n) is 4.32. The van der Waals surface area contributed by atoms with Gasteiger partial charge in [0.1, 0.15) is 5.82 Å². The van der Waals surface area contributed by atoms with E-state index in [1.165, 1.54) is 19.3 Å². The summed E-state index contributed by atoms with van der Waals surface area (Å²) in [4.78, 5) is 8.71. The summed E-state index contributed by atoms with van der Waals surface area (Å²) in [5, 5.41) is 3.55. The Labute approximate surface area is 98.7 Å². The van der Waals surface area contributed by atoms with Crippen molar-refractivity contribution in [3.05, 3.63) is 23.8 Å². The van der Waals surface area contributed by atoms with Crippen molar-refractivity contribution in [2.75, 3.05) is 6.54 Å². The summed E-state index contributed by atoms with van der Waals surface area (Å²) in [6, 6.07) is 0.521. The van der Waals surface area contributed by atoms with E-state index >= 15 is 0 Å². The van der Waals surface area contributed by atoms with Gasteiger partial charge in [0.2, 0.25) is 0 Å². The highest BCUT2D eigenvalue weighted by molar-refractivity contribution is 5.02. The van der Waals surface area contributed by atoms with Gasteiger partial charge in [0.15, 0.2) is 0 Å². The predicted octanol–water partition coefficient (Wildman–Crippen LogP) is 2.50. The smallest absolute Gasteiger partial charge is 0.129 e. The van der Waals surface area contributed by atoms with E-state index in [9.17, 15) is 0 Å². The zero-order chi connectivity index (χ0) is 11.8. The third-order valence-corrected chi connectivity index (χ3v) is 2.58. The quantitative estimate of drug-likeness (QED) is 0.768. The van der Waals surface area contributed by atoms with Crippen LogP contribution in [0.4, 0.5) is 0 Å². The van der Waals surface area contributed by atoms with Crippen molar-refractivity contribution in [3.63, 3.8) is 0 Å². The molecule has 0 spiro atoms. The van der Waals surface area contributed by atoms with Gasteiger partial charge in [-0.2, -0.15) is 0 Å². The molecule has 0 saturated heterocycles. The monoisotopic (exact) mass is 221 g/mol. The SMILES string of the molecule is CCCNC(CCC)Cc1ncc(C)cn1. The highest BCUT2D eigenvalue weighted by atomic mass is 14.9. The minimum Gasteiger partial charge on any atom is -0.314 e. The molecule has 0 aliphatic rings. The maximum Gasteiger partial charge on any atom is 0.129 e. The van der Waals surface area contributed by atoms with Gasteiger partial charge in [0.05, 0.1) is 0 Å². The Balaban J connectivity index is 2.49. The lowest BCUT2D eigenvalue weighted by Gasteiger charge is -2.16. The molecular formula is C13H23N3. The first-order valence-corrected chi connectivity index (χ1v) is 6.27. The standard InChI is InChI=1S/C13H23N3/c1-4-6-12(14-7-5-2)8-13-15-9-11(3)10-16-13/h9-10,12,14H,4-8H2,1-3H3. The number of rotatable bonds is 7. The molecule has 0 aromatic carbocycles. The lowest BCUT2D eigenvalue weighted by atomic mass is 10.1. The molecule has 0 amide bonds. The average Bonchev–Trinajstić information content (AvgIpc) is 2.29. The van der Waals surface area contributed by atoms with Crippen molar-refractivity contribution < 1.29 is 0 Å². The third kappa shape index (κ3) is 4.71. The Morgan fingerprint density at radius 2 is 1.88 bits per heavy atom. The van der Waals surface area contributed by atoms with Crippen molar-refractivity contribution in [3.8, 4) is 0 Å². The van der Waals surface area contributed by atoms with Crippen LogP contribution in [0.15, 0.2) is 12.4 Å². The summed E-state index contributed by atoms with van der Waals surface area (Å²) in [5.41, 5.74) is 1.12. The Morgan fingerprint density at radius 3 is 2.44 bits per heavy atom. The Morgan fingerprint density at radius 1 is 1.19 bits per heavy atom. The molecule has 1 atom stereocenters. The lowest BCUT2D eigenvalue weighted by molar-refractivity contribution is 0.464. The lowest BCUT2D eigenvalue weighted by Crippen LogP contribution is -2.32. The van der Waals surface area contributed by atoms with Crippen LogP contribution in [0.25, 0.3) is 0 Å². The maximum atomic E-state index is 4.36. The fourth-order valence-corrected chi connectivity index (χ4v) is 1.72. The molecule has 3 nitrogen and oxygen atoms in total. The first kappa shape index (κ1) is 13.1. The summed E-state index contributed by atoms with van der Waals surface area (Å²) >= 11 is 0. The van der Waals surface area contributed by atoms with E-state index in [1.54, 1.807) is 0 Å². The van der Waals surface area contributed by atoms with Crippen LogP contribution in [-0.2, 0) is 6.42 Å². The summed E-state index contributed by atoms with van der Waals surface area (Å²) in [6.45, 7) is 7.51. The molecule has 1 heterocycles. The summed E-state index contributed by atoms with van der Waals surface area (Å²) < 4.78 is 0. The van der Waals surface area contributed by atoms with Crippen LogP contribution in [0.2, 0.25) is 0 Å². The first-order valence-electron chi connectivity index (χ1n) is 6.27. The largest absolute Gasteiger partial charge is 0.314 e. The van der Waals surface area contributed by atoms with Crippen molar-refractivity contribution in [2.24, 2.45) is 0 Å². The predicted molar refractivity (Wildman–Crippen MR) is 67.5 cm³/mol. The van der Waals surface area contributed by atoms with E-state index in [-0.39, 0.29) is 0 Å². The fourth-order valence-electron chi connectivity index (χ4n) is 1.72. The van der Waals surface area contributed by atoms with Gasteiger partial charge in [0, 0.05) is 24.9 Å². The van der Waals surface area contributed by atoms with Gasteiger partial charge in [-0.1, -0.05) is 20.3 Å². The van der Waals surface area contributed by atoms with Crippen molar-refractivity contribution in [2.45, 2.75) is 52.5 Å². The van der Waals surface area contributed by atoms with Crippen molar-refractivity contribution in [1.29, 1.82) is 0 Å². The zero-order valence-corrected chi connectivity index (χ0v) is 10.7. The highest BCUT2D eigenvalue weighted by Gasteiger charge is 2.09. The molecule has 1 unspecified atom stereocenters. The van der Waals surface area contributed by atoms with E-state index in [0.717, 1.165) is 24.4 Å². The maximum absolute atomic E-state index is 4.36. The Hall–Kier alpha value is -0.960. The van der Waals surface area contributed by atoms with Crippen LogP contribution >= 0.6 is 0 Å². The molecule has 0 radical (unpaired) electrons.